The van der Waals surface area contributed by atoms with E-state index in [1.807, 2.05) is 14.1 Å². The molecule has 0 saturated carbocycles. The van der Waals surface area contributed by atoms with Gasteiger partial charge < -0.3 is 15.4 Å². The van der Waals surface area contributed by atoms with Crippen LogP contribution in [-0.4, -0.2) is 47.2 Å². The summed E-state index contributed by atoms with van der Waals surface area (Å²) in [5, 5.41) is 15.0. The fourth-order valence-corrected chi connectivity index (χ4v) is 1.00. The van der Waals surface area contributed by atoms with E-state index in [0.717, 1.165) is 0 Å². The maximum atomic E-state index is 7.41. The Morgan fingerprint density at radius 1 is 1.53 bits per heavy atom. The van der Waals surface area contributed by atoms with Crippen LogP contribution in [0.5, 0.6) is 5.88 Å². The van der Waals surface area contributed by atoms with E-state index in [0.29, 0.717) is 18.1 Å². The van der Waals surface area contributed by atoms with Crippen LogP contribution in [0.2, 0.25) is 0 Å². The second kappa shape index (κ2) is 5.09. The molecule has 0 aromatic carbocycles. The van der Waals surface area contributed by atoms with Crippen LogP contribution >= 0.6 is 0 Å². The molecule has 6 heteroatoms. The Morgan fingerprint density at radius 3 is 2.71 bits per heavy atom. The summed E-state index contributed by atoms with van der Waals surface area (Å²) in [6.07, 6.45) is 1.49. The van der Waals surface area contributed by atoms with Crippen molar-refractivity contribution < 1.29 is 4.74 Å². The van der Waals surface area contributed by atoms with Gasteiger partial charge in [-0.15, -0.1) is 5.10 Å². The van der Waals surface area contributed by atoms with Crippen LogP contribution in [0.25, 0.3) is 0 Å². The molecule has 0 atom stereocenters. The molecule has 0 spiro atoms. The molecule has 0 fully saturated rings. The highest BCUT2D eigenvalue weighted by Gasteiger charge is 2.22. The predicted octanol–water partition coefficient (Wildman–Crippen LogP) is 0.480. The smallest absolute Gasteiger partial charge is 0.244 e. The SMILES string of the molecule is CN(C)C(C)(C)COc1nnccc1C(=N)N. The highest BCUT2D eigenvalue weighted by Crippen LogP contribution is 2.16. The summed E-state index contributed by atoms with van der Waals surface area (Å²) >= 11 is 0. The normalized spacial score (nSPS) is 11.6. The Bertz CT molecular complexity index is 403. The lowest BCUT2D eigenvalue weighted by Gasteiger charge is -2.32. The van der Waals surface area contributed by atoms with Gasteiger partial charge >= 0.3 is 0 Å². The number of nitrogens with one attached hydrogen (secondary N) is 1. The summed E-state index contributed by atoms with van der Waals surface area (Å²) in [6.45, 7) is 4.55. The molecule has 1 aromatic heterocycles. The van der Waals surface area contributed by atoms with E-state index in [1.165, 1.54) is 6.20 Å². The number of aromatic nitrogens is 2. The van der Waals surface area contributed by atoms with Gasteiger partial charge in [0.15, 0.2) is 0 Å². The zero-order valence-corrected chi connectivity index (χ0v) is 10.7. The molecular weight excluding hydrogens is 218 g/mol. The van der Waals surface area contributed by atoms with Crippen molar-refractivity contribution in [2.24, 2.45) is 5.73 Å². The van der Waals surface area contributed by atoms with E-state index < -0.39 is 0 Å². The van der Waals surface area contributed by atoms with Crippen LogP contribution < -0.4 is 10.5 Å². The summed E-state index contributed by atoms with van der Waals surface area (Å²) in [6, 6.07) is 1.62. The van der Waals surface area contributed by atoms with Crippen LogP contribution in [0.4, 0.5) is 0 Å². The molecule has 0 radical (unpaired) electrons. The molecule has 0 unspecified atom stereocenters. The minimum Gasteiger partial charge on any atom is -0.474 e. The quantitative estimate of drug-likeness (QED) is 0.574. The first kappa shape index (κ1) is 13.4. The summed E-state index contributed by atoms with van der Waals surface area (Å²) in [4.78, 5) is 2.05. The molecule has 0 aliphatic rings. The summed E-state index contributed by atoms with van der Waals surface area (Å²) in [7, 11) is 3.96. The molecule has 0 bridgehead atoms. The Kier molecular flexibility index (Phi) is 4.01. The minimum atomic E-state index is -0.133. The van der Waals surface area contributed by atoms with Crippen LogP contribution in [0.1, 0.15) is 19.4 Å². The molecule has 3 N–H and O–H groups in total. The van der Waals surface area contributed by atoms with Gasteiger partial charge in [-0.3, -0.25) is 5.41 Å². The zero-order chi connectivity index (χ0) is 13.1. The lowest BCUT2D eigenvalue weighted by molar-refractivity contribution is 0.110. The molecule has 0 amide bonds. The average molecular weight is 237 g/mol. The van der Waals surface area contributed by atoms with Gasteiger partial charge in [-0.05, 0) is 34.0 Å². The zero-order valence-electron chi connectivity index (χ0n) is 10.7. The molecule has 17 heavy (non-hydrogen) atoms. The van der Waals surface area contributed by atoms with E-state index in [-0.39, 0.29) is 11.4 Å². The lowest BCUT2D eigenvalue weighted by Crippen LogP contribution is -2.43. The third-order valence-electron chi connectivity index (χ3n) is 2.75. The summed E-state index contributed by atoms with van der Waals surface area (Å²) < 4.78 is 5.59. The molecule has 0 saturated heterocycles. The van der Waals surface area contributed by atoms with Crippen LogP contribution in [0.3, 0.4) is 0 Å². The van der Waals surface area contributed by atoms with E-state index >= 15 is 0 Å². The fraction of sp³-hybridized carbons (Fsp3) is 0.545. The van der Waals surface area contributed by atoms with Crippen molar-refractivity contribution >= 4 is 5.84 Å². The second-order valence-corrected chi connectivity index (χ2v) is 4.66. The second-order valence-electron chi connectivity index (χ2n) is 4.66. The molecule has 0 aliphatic carbocycles. The van der Waals surface area contributed by atoms with Gasteiger partial charge in [0, 0.05) is 5.54 Å². The number of amidine groups is 1. The predicted molar refractivity (Wildman–Crippen MR) is 66.3 cm³/mol. The molecule has 6 nitrogen and oxygen atoms in total. The Balaban J connectivity index is 2.79. The van der Waals surface area contributed by atoms with Crippen molar-refractivity contribution in [3.63, 3.8) is 0 Å². The van der Waals surface area contributed by atoms with Crippen molar-refractivity contribution in [1.29, 1.82) is 5.41 Å². The van der Waals surface area contributed by atoms with Crippen molar-refractivity contribution in [3.8, 4) is 5.88 Å². The van der Waals surface area contributed by atoms with Crippen LogP contribution in [0.15, 0.2) is 12.3 Å². The number of hydrogen-bond donors (Lipinski definition) is 2. The Morgan fingerprint density at radius 2 is 2.18 bits per heavy atom. The van der Waals surface area contributed by atoms with E-state index in [1.54, 1.807) is 6.07 Å². The van der Waals surface area contributed by atoms with Crippen LogP contribution in [-0.2, 0) is 0 Å². The first-order valence-electron chi connectivity index (χ1n) is 5.31. The number of nitrogens with two attached hydrogens (primary N) is 1. The van der Waals surface area contributed by atoms with Gasteiger partial charge in [0.1, 0.15) is 12.4 Å². The maximum absolute atomic E-state index is 7.41. The number of rotatable bonds is 5. The van der Waals surface area contributed by atoms with Crippen LogP contribution in [0, 0.1) is 5.41 Å². The molecule has 0 aliphatic heterocycles. The highest BCUT2D eigenvalue weighted by atomic mass is 16.5. The van der Waals surface area contributed by atoms with Gasteiger partial charge in [-0.2, -0.15) is 5.10 Å². The van der Waals surface area contributed by atoms with Crippen molar-refractivity contribution in [3.05, 3.63) is 17.8 Å². The van der Waals surface area contributed by atoms with Crippen molar-refractivity contribution in [2.45, 2.75) is 19.4 Å². The van der Waals surface area contributed by atoms with Gasteiger partial charge in [0.05, 0.1) is 11.8 Å². The third kappa shape index (κ3) is 3.39. The number of likely N-dealkylation sites (N-methyl/N-ethyl adjacent to an activating group) is 1. The monoisotopic (exact) mass is 237 g/mol. The largest absolute Gasteiger partial charge is 0.474 e. The lowest BCUT2D eigenvalue weighted by atomic mass is 10.1. The highest BCUT2D eigenvalue weighted by molar-refractivity contribution is 5.96. The van der Waals surface area contributed by atoms with Gasteiger partial charge in [-0.25, -0.2) is 0 Å². The molecule has 1 aromatic rings. The van der Waals surface area contributed by atoms with E-state index in [9.17, 15) is 0 Å². The average Bonchev–Trinajstić information content (AvgIpc) is 2.26. The van der Waals surface area contributed by atoms with Gasteiger partial charge in [0.2, 0.25) is 5.88 Å². The number of nitrogens with zero attached hydrogens (tertiary/aromatic N) is 3. The van der Waals surface area contributed by atoms with Gasteiger partial charge in [0.25, 0.3) is 0 Å². The summed E-state index contributed by atoms with van der Waals surface area (Å²) in [5.74, 6) is 0.229. The standard InChI is InChI=1S/C11H19N5O/c1-11(2,16(3)4)7-17-10-8(9(12)13)5-6-14-15-10/h5-6H,7H2,1-4H3,(H3,12,13). The fourth-order valence-electron chi connectivity index (χ4n) is 1.00. The molecular formula is C11H19N5O. The first-order valence-corrected chi connectivity index (χ1v) is 5.31. The molecule has 1 rings (SSSR count). The number of nitrogen functional groups attached to an aromatic ring is 1. The number of ether oxygens (including phenoxy) is 1. The first-order chi connectivity index (χ1) is 7.84. The van der Waals surface area contributed by atoms with Crippen molar-refractivity contribution in [2.75, 3.05) is 20.7 Å². The topological polar surface area (TPSA) is 88.1 Å². The molecule has 1 heterocycles. The minimum absolute atomic E-state index is 0.0717. The maximum Gasteiger partial charge on any atom is 0.244 e. The van der Waals surface area contributed by atoms with Crippen molar-refractivity contribution in [1.82, 2.24) is 15.1 Å². The Labute approximate surface area is 101 Å². The number of hydrogen-bond acceptors (Lipinski definition) is 5. The Hall–Kier alpha value is -1.69. The summed E-state index contributed by atoms with van der Waals surface area (Å²) in [5.41, 5.74) is 5.77. The van der Waals surface area contributed by atoms with E-state index in [4.69, 9.17) is 15.9 Å². The third-order valence-corrected chi connectivity index (χ3v) is 2.75. The van der Waals surface area contributed by atoms with E-state index in [2.05, 4.69) is 28.9 Å². The van der Waals surface area contributed by atoms with Gasteiger partial charge in [-0.1, -0.05) is 0 Å². The molecule has 94 valence electrons.